The molecule has 1 N–H and O–H groups in total. The molecular formula is C9H10ClNO2. The average molecular weight is 200 g/mol. The van der Waals surface area contributed by atoms with Crippen molar-refractivity contribution in [3.8, 4) is 0 Å². The average Bonchev–Trinajstić information content (AvgIpc) is 2.17. The molecular weight excluding hydrogens is 190 g/mol. The van der Waals surface area contributed by atoms with E-state index in [4.69, 9.17) is 11.6 Å². The number of hydrogen-bond acceptors (Lipinski definition) is 2. The Kier molecular flexibility index (Phi) is 3.28. The predicted octanol–water partition coefficient (Wildman–Crippen LogP) is 2.04. The number of carbonyl (C=O) groups is 1. The van der Waals surface area contributed by atoms with Gasteiger partial charge in [-0.1, -0.05) is 18.2 Å². The summed E-state index contributed by atoms with van der Waals surface area (Å²) in [6.07, 6.45) is 0. The zero-order chi connectivity index (χ0) is 9.84. The number of anilines is 1. The van der Waals surface area contributed by atoms with Gasteiger partial charge in [0.15, 0.2) is 0 Å². The summed E-state index contributed by atoms with van der Waals surface area (Å²) in [5.41, 5.74) is 0.417. The van der Waals surface area contributed by atoms with Crippen LogP contribution in [0.15, 0.2) is 30.3 Å². The summed E-state index contributed by atoms with van der Waals surface area (Å²) in [7, 11) is 0. The Morgan fingerprint density at radius 3 is 2.46 bits per heavy atom. The second-order valence-corrected chi connectivity index (χ2v) is 3.26. The van der Waals surface area contributed by atoms with Crippen molar-refractivity contribution < 1.29 is 10.0 Å². The van der Waals surface area contributed by atoms with Crippen LogP contribution in [-0.2, 0) is 4.79 Å². The van der Waals surface area contributed by atoms with Crippen molar-refractivity contribution in [2.24, 2.45) is 0 Å². The molecule has 1 unspecified atom stereocenters. The molecule has 1 amide bonds. The second kappa shape index (κ2) is 4.25. The lowest BCUT2D eigenvalue weighted by molar-refractivity contribution is -0.123. The van der Waals surface area contributed by atoms with Gasteiger partial charge in [0.25, 0.3) is 5.91 Å². The molecule has 0 aliphatic heterocycles. The van der Waals surface area contributed by atoms with Gasteiger partial charge in [0.05, 0.1) is 5.69 Å². The third kappa shape index (κ3) is 2.44. The summed E-state index contributed by atoms with van der Waals surface area (Å²) in [6.45, 7) is 1.51. The lowest BCUT2D eigenvalue weighted by Gasteiger charge is -2.15. The molecule has 0 fully saturated rings. The molecule has 0 bridgehead atoms. The summed E-state index contributed by atoms with van der Waals surface area (Å²) >= 11 is 5.52. The first-order valence-corrected chi connectivity index (χ1v) is 4.28. The van der Waals surface area contributed by atoms with Crippen LogP contribution in [0.25, 0.3) is 0 Å². The first-order chi connectivity index (χ1) is 6.13. The topological polar surface area (TPSA) is 40.5 Å². The third-order valence-corrected chi connectivity index (χ3v) is 1.74. The molecule has 0 saturated carbocycles. The Balaban J connectivity index is 2.80. The van der Waals surface area contributed by atoms with Crippen molar-refractivity contribution in [3.63, 3.8) is 0 Å². The summed E-state index contributed by atoms with van der Waals surface area (Å²) in [6, 6.07) is 8.50. The van der Waals surface area contributed by atoms with Crippen LogP contribution >= 0.6 is 11.6 Å². The van der Waals surface area contributed by atoms with E-state index < -0.39 is 11.3 Å². The van der Waals surface area contributed by atoms with E-state index in [0.717, 1.165) is 0 Å². The first-order valence-electron chi connectivity index (χ1n) is 3.85. The summed E-state index contributed by atoms with van der Waals surface area (Å²) in [4.78, 5) is 11.2. The number of rotatable bonds is 2. The van der Waals surface area contributed by atoms with E-state index in [0.29, 0.717) is 10.8 Å². The summed E-state index contributed by atoms with van der Waals surface area (Å²) in [5, 5.41) is 9.18. The second-order valence-electron chi connectivity index (χ2n) is 2.60. The minimum absolute atomic E-state index is 0.417. The van der Waals surface area contributed by atoms with E-state index in [9.17, 15) is 10.0 Å². The van der Waals surface area contributed by atoms with Gasteiger partial charge in [0, 0.05) is 0 Å². The third-order valence-electron chi connectivity index (χ3n) is 1.55. The highest BCUT2D eigenvalue weighted by Crippen LogP contribution is 2.13. The maximum absolute atomic E-state index is 11.2. The van der Waals surface area contributed by atoms with Crippen LogP contribution in [0.1, 0.15) is 6.92 Å². The first kappa shape index (κ1) is 10.0. The highest BCUT2D eigenvalue weighted by atomic mass is 35.5. The molecule has 0 radical (unpaired) electrons. The van der Waals surface area contributed by atoms with Crippen molar-refractivity contribution in [1.82, 2.24) is 0 Å². The number of amides is 1. The number of hydroxylamine groups is 1. The largest absolute Gasteiger partial charge is 0.281 e. The van der Waals surface area contributed by atoms with Gasteiger partial charge in [0.1, 0.15) is 5.38 Å². The maximum Gasteiger partial charge on any atom is 0.268 e. The summed E-state index contributed by atoms with van der Waals surface area (Å²) in [5.74, 6) is -0.534. The molecule has 0 saturated heterocycles. The molecule has 4 heteroatoms. The molecule has 0 aliphatic rings. The highest BCUT2D eigenvalue weighted by Gasteiger charge is 2.17. The Hall–Kier alpha value is -1.06. The number of benzene rings is 1. The van der Waals surface area contributed by atoms with Crippen LogP contribution in [0.5, 0.6) is 0 Å². The fourth-order valence-corrected chi connectivity index (χ4v) is 0.957. The van der Waals surface area contributed by atoms with Crippen LogP contribution in [0.3, 0.4) is 0 Å². The molecule has 1 atom stereocenters. The van der Waals surface area contributed by atoms with Gasteiger partial charge >= 0.3 is 0 Å². The molecule has 1 aromatic carbocycles. The Morgan fingerprint density at radius 2 is 2.00 bits per heavy atom. The number of para-hydroxylation sites is 1. The standard InChI is InChI=1S/C9H10ClNO2/c1-7(10)9(12)11(13)8-5-3-2-4-6-8/h2-7,13H,1H3. The van der Waals surface area contributed by atoms with Crippen LogP contribution in [0.4, 0.5) is 5.69 Å². The highest BCUT2D eigenvalue weighted by molar-refractivity contribution is 6.32. The fourth-order valence-electron chi connectivity index (χ4n) is 0.865. The molecule has 1 aromatic rings. The van der Waals surface area contributed by atoms with Gasteiger partial charge in [-0.2, -0.15) is 5.06 Å². The maximum atomic E-state index is 11.2. The lowest BCUT2D eigenvalue weighted by atomic mass is 10.3. The monoisotopic (exact) mass is 199 g/mol. The van der Waals surface area contributed by atoms with Crippen LogP contribution in [-0.4, -0.2) is 16.5 Å². The molecule has 3 nitrogen and oxygen atoms in total. The number of nitrogens with zero attached hydrogens (tertiary/aromatic N) is 1. The molecule has 0 aromatic heterocycles. The zero-order valence-electron chi connectivity index (χ0n) is 7.14. The molecule has 13 heavy (non-hydrogen) atoms. The van der Waals surface area contributed by atoms with E-state index >= 15 is 0 Å². The van der Waals surface area contributed by atoms with Crippen molar-refractivity contribution in [3.05, 3.63) is 30.3 Å². The summed E-state index contributed by atoms with van der Waals surface area (Å²) < 4.78 is 0. The van der Waals surface area contributed by atoms with Gasteiger partial charge in [-0.3, -0.25) is 10.0 Å². The van der Waals surface area contributed by atoms with E-state index in [2.05, 4.69) is 0 Å². The van der Waals surface area contributed by atoms with Gasteiger partial charge < -0.3 is 0 Å². The lowest BCUT2D eigenvalue weighted by Crippen LogP contribution is -2.32. The van der Waals surface area contributed by atoms with Gasteiger partial charge in [-0.05, 0) is 19.1 Å². The molecule has 0 heterocycles. The number of alkyl halides is 1. The zero-order valence-corrected chi connectivity index (χ0v) is 7.90. The van der Waals surface area contributed by atoms with E-state index in [-0.39, 0.29) is 0 Å². The van der Waals surface area contributed by atoms with E-state index in [1.807, 2.05) is 0 Å². The Bertz CT molecular complexity index is 287. The molecule has 1 rings (SSSR count). The minimum Gasteiger partial charge on any atom is -0.281 e. The fraction of sp³-hybridized carbons (Fsp3) is 0.222. The van der Waals surface area contributed by atoms with Crippen molar-refractivity contribution >= 4 is 23.2 Å². The van der Waals surface area contributed by atoms with Crippen LogP contribution < -0.4 is 5.06 Å². The minimum atomic E-state index is -0.731. The van der Waals surface area contributed by atoms with Crippen molar-refractivity contribution in [2.75, 3.05) is 5.06 Å². The molecule has 0 aliphatic carbocycles. The quantitative estimate of drug-likeness (QED) is 0.450. The Morgan fingerprint density at radius 1 is 1.46 bits per heavy atom. The van der Waals surface area contributed by atoms with Gasteiger partial charge in [-0.15, -0.1) is 11.6 Å². The van der Waals surface area contributed by atoms with E-state index in [1.54, 1.807) is 30.3 Å². The van der Waals surface area contributed by atoms with Crippen molar-refractivity contribution in [1.29, 1.82) is 0 Å². The number of hydrogen-bond donors (Lipinski definition) is 1. The number of carbonyl (C=O) groups excluding carboxylic acids is 1. The van der Waals surface area contributed by atoms with Crippen LogP contribution in [0, 0.1) is 0 Å². The van der Waals surface area contributed by atoms with Gasteiger partial charge in [-0.25, -0.2) is 0 Å². The number of halogens is 1. The SMILES string of the molecule is CC(Cl)C(=O)N(O)c1ccccc1. The van der Waals surface area contributed by atoms with Crippen molar-refractivity contribution in [2.45, 2.75) is 12.3 Å². The predicted molar refractivity (Wildman–Crippen MR) is 51.0 cm³/mol. The molecule has 0 spiro atoms. The van der Waals surface area contributed by atoms with E-state index in [1.165, 1.54) is 6.92 Å². The van der Waals surface area contributed by atoms with Crippen LogP contribution in [0.2, 0.25) is 0 Å². The smallest absolute Gasteiger partial charge is 0.268 e. The molecule has 70 valence electrons. The normalized spacial score (nSPS) is 12.2. The Labute approximate surface area is 81.5 Å². The van der Waals surface area contributed by atoms with Gasteiger partial charge in [0.2, 0.25) is 0 Å².